The summed E-state index contributed by atoms with van der Waals surface area (Å²) in [5.41, 5.74) is 3.35. The fourth-order valence-corrected chi connectivity index (χ4v) is 2.70. The van der Waals surface area contributed by atoms with E-state index >= 15 is 0 Å². The molecule has 0 bridgehead atoms. The Kier molecular flexibility index (Phi) is 5.03. The van der Waals surface area contributed by atoms with Crippen molar-refractivity contribution in [3.63, 3.8) is 0 Å². The number of nitrogens with one attached hydrogen (secondary N) is 1. The molecular weight excluding hydrogens is 306 g/mol. The molecule has 0 radical (unpaired) electrons. The molecule has 1 N–H and O–H groups in total. The molecule has 0 aliphatic carbocycles. The average molecular weight is 324 g/mol. The molecule has 6 nitrogen and oxygen atoms in total. The van der Waals surface area contributed by atoms with Crippen LogP contribution in [0.15, 0.2) is 16.7 Å². The van der Waals surface area contributed by atoms with Gasteiger partial charge in [0.1, 0.15) is 5.76 Å². The number of aryl methyl sites for hydroxylation is 3. The highest BCUT2D eigenvalue weighted by Gasteiger charge is 2.16. The fraction of sp³-hybridized carbons (Fsp3) is 0.400. The zero-order valence-corrected chi connectivity index (χ0v) is 13.5. The molecule has 0 amide bonds. The van der Waals surface area contributed by atoms with Gasteiger partial charge in [-0.15, -0.1) is 0 Å². The van der Waals surface area contributed by atoms with Crippen LogP contribution in [0.25, 0.3) is 0 Å². The summed E-state index contributed by atoms with van der Waals surface area (Å²) in [5, 5.41) is 18.5. The molecule has 0 aliphatic heterocycles. The van der Waals surface area contributed by atoms with Gasteiger partial charge in [-0.2, -0.15) is 0 Å². The summed E-state index contributed by atoms with van der Waals surface area (Å²) < 4.78 is 5.32. The van der Waals surface area contributed by atoms with Crippen molar-refractivity contribution in [2.24, 2.45) is 0 Å². The number of anilines is 1. The van der Waals surface area contributed by atoms with E-state index in [-0.39, 0.29) is 5.69 Å². The molecule has 0 saturated carbocycles. The second kappa shape index (κ2) is 6.79. The van der Waals surface area contributed by atoms with Crippen molar-refractivity contribution >= 4 is 23.0 Å². The first-order valence-corrected chi connectivity index (χ1v) is 7.50. The van der Waals surface area contributed by atoms with E-state index in [0.717, 1.165) is 35.4 Å². The van der Waals surface area contributed by atoms with Gasteiger partial charge in [0.25, 0.3) is 5.69 Å². The number of nitro benzene ring substituents is 1. The molecule has 0 aliphatic rings. The number of non-ortho nitro benzene ring substituents is 1. The molecule has 22 heavy (non-hydrogen) atoms. The Morgan fingerprint density at radius 1 is 1.36 bits per heavy atom. The van der Waals surface area contributed by atoms with Crippen molar-refractivity contribution < 1.29 is 9.45 Å². The lowest BCUT2D eigenvalue weighted by atomic mass is 10.1. The zero-order valence-electron chi connectivity index (χ0n) is 12.8. The van der Waals surface area contributed by atoms with Gasteiger partial charge in [-0.1, -0.05) is 30.6 Å². The number of aromatic nitrogens is 1. The van der Waals surface area contributed by atoms with Gasteiger partial charge in [-0.3, -0.25) is 10.1 Å². The van der Waals surface area contributed by atoms with Crippen molar-refractivity contribution in [2.75, 3.05) is 5.32 Å². The lowest BCUT2D eigenvalue weighted by Crippen LogP contribution is -2.05. The highest BCUT2D eigenvalue weighted by atomic mass is 35.5. The highest BCUT2D eigenvalue weighted by Crippen LogP contribution is 2.31. The van der Waals surface area contributed by atoms with Crippen LogP contribution < -0.4 is 5.32 Å². The van der Waals surface area contributed by atoms with Gasteiger partial charge in [0, 0.05) is 30.7 Å². The van der Waals surface area contributed by atoms with Crippen LogP contribution >= 0.6 is 11.6 Å². The number of nitrogens with zero attached hydrogens (tertiary/aromatic N) is 2. The van der Waals surface area contributed by atoms with E-state index in [1.54, 1.807) is 6.92 Å². The number of benzene rings is 1. The van der Waals surface area contributed by atoms with Crippen LogP contribution in [0.4, 0.5) is 11.4 Å². The monoisotopic (exact) mass is 323 g/mol. The SMILES string of the molecule is CCc1noc(CC)c1CNc1c(C)cc([N+](=O)[O-])cc1Cl. The van der Waals surface area contributed by atoms with Gasteiger partial charge in [-0.25, -0.2) is 0 Å². The second-order valence-corrected chi connectivity index (χ2v) is 5.38. The average Bonchev–Trinajstić information content (AvgIpc) is 2.88. The molecular formula is C15H18ClN3O3. The number of hydrogen-bond acceptors (Lipinski definition) is 5. The molecule has 7 heteroatoms. The topological polar surface area (TPSA) is 81.2 Å². The lowest BCUT2D eigenvalue weighted by molar-refractivity contribution is -0.384. The fourth-order valence-electron chi connectivity index (χ4n) is 2.37. The van der Waals surface area contributed by atoms with Crippen LogP contribution in [-0.2, 0) is 19.4 Å². The van der Waals surface area contributed by atoms with Crippen molar-refractivity contribution in [2.45, 2.75) is 40.2 Å². The Labute approximate surface area is 133 Å². The molecule has 0 fully saturated rings. The molecule has 0 spiro atoms. The molecule has 0 atom stereocenters. The summed E-state index contributed by atoms with van der Waals surface area (Å²) in [6.07, 6.45) is 1.55. The van der Waals surface area contributed by atoms with E-state index in [9.17, 15) is 10.1 Å². The first kappa shape index (κ1) is 16.3. The van der Waals surface area contributed by atoms with Gasteiger partial charge in [0.2, 0.25) is 0 Å². The molecule has 2 aromatic rings. The zero-order chi connectivity index (χ0) is 16.3. The lowest BCUT2D eigenvalue weighted by Gasteiger charge is -2.12. The molecule has 0 saturated heterocycles. The van der Waals surface area contributed by atoms with Gasteiger partial charge in [-0.05, 0) is 18.9 Å². The number of hydrogen-bond donors (Lipinski definition) is 1. The summed E-state index contributed by atoms with van der Waals surface area (Å²) in [4.78, 5) is 10.4. The van der Waals surface area contributed by atoms with Gasteiger partial charge in [0.05, 0.1) is 21.3 Å². The third kappa shape index (κ3) is 3.22. The van der Waals surface area contributed by atoms with Crippen LogP contribution in [0.3, 0.4) is 0 Å². The Hall–Kier alpha value is -2.08. The van der Waals surface area contributed by atoms with Crippen molar-refractivity contribution in [3.8, 4) is 0 Å². The number of halogens is 1. The molecule has 118 valence electrons. The minimum atomic E-state index is -0.451. The highest BCUT2D eigenvalue weighted by molar-refractivity contribution is 6.33. The van der Waals surface area contributed by atoms with Crippen LogP contribution in [0.1, 0.15) is 36.4 Å². The quantitative estimate of drug-likeness (QED) is 0.633. The summed E-state index contributed by atoms with van der Waals surface area (Å²) in [5.74, 6) is 0.847. The standard InChI is InChI=1S/C15H18ClN3O3/c1-4-13-11(14(5-2)22-18-13)8-17-15-9(3)6-10(19(20)21)7-12(15)16/h6-7,17H,4-5,8H2,1-3H3. The molecule has 1 heterocycles. The smallest absolute Gasteiger partial charge is 0.271 e. The van der Waals surface area contributed by atoms with E-state index < -0.39 is 4.92 Å². The van der Waals surface area contributed by atoms with E-state index in [0.29, 0.717) is 17.3 Å². The minimum Gasteiger partial charge on any atom is -0.379 e. The number of nitro groups is 1. The van der Waals surface area contributed by atoms with E-state index in [1.807, 2.05) is 13.8 Å². The van der Waals surface area contributed by atoms with Crippen LogP contribution in [0, 0.1) is 17.0 Å². The van der Waals surface area contributed by atoms with E-state index in [1.165, 1.54) is 12.1 Å². The molecule has 1 aromatic heterocycles. The van der Waals surface area contributed by atoms with Gasteiger partial charge < -0.3 is 9.84 Å². The summed E-state index contributed by atoms with van der Waals surface area (Å²) in [6.45, 7) is 6.34. The Balaban J connectivity index is 2.26. The number of rotatable bonds is 6. The third-order valence-electron chi connectivity index (χ3n) is 3.53. The third-order valence-corrected chi connectivity index (χ3v) is 3.83. The van der Waals surface area contributed by atoms with Crippen LogP contribution in [0.5, 0.6) is 0 Å². The van der Waals surface area contributed by atoms with E-state index in [2.05, 4.69) is 10.5 Å². The van der Waals surface area contributed by atoms with E-state index in [4.69, 9.17) is 16.1 Å². The largest absolute Gasteiger partial charge is 0.379 e. The predicted molar refractivity (Wildman–Crippen MR) is 85.4 cm³/mol. The Morgan fingerprint density at radius 3 is 2.64 bits per heavy atom. The van der Waals surface area contributed by atoms with Crippen molar-refractivity contribution in [3.05, 3.63) is 49.9 Å². The summed E-state index contributed by atoms with van der Waals surface area (Å²) >= 11 is 6.16. The summed E-state index contributed by atoms with van der Waals surface area (Å²) in [6, 6.07) is 2.86. The van der Waals surface area contributed by atoms with Gasteiger partial charge >= 0.3 is 0 Å². The van der Waals surface area contributed by atoms with Crippen LogP contribution in [-0.4, -0.2) is 10.1 Å². The first-order valence-electron chi connectivity index (χ1n) is 7.12. The van der Waals surface area contributed by atoms with Crippen LogP contribution in [0.2, 0.25) is 5.02 Å². The molecule has 1 aromatic carbocycles. The normalized spacial score (nSPS) is 10.7. The van der Waals surface area contributed by atoms with Gasteiger partial charge in [0.15, 0.2) is 0 Å². The first-order chi connectivity index (χ1) is 10.5. The Morgan fingerprint density at radius 2 is 2.09 bits per heavy atom. The molecule has 2 rings (SSSR count). The minimum absolute atomic E-state index is 0.0125. The maximum absolute atomic E-state index is 10.8. The Bertz CT molecular complexity index is 653. The predicted octanol–water partition coefficient (Wildman–Crippen LogP) is 4.28. The maximum atomic E-state index is 10.8. The maximum Gasteiger partial charge on any atom is 0.271 e. The van der Waals surface area contributed by atoms with Crippen molar-refractivity contribution in [1.82, 2.24) is 5.16 Å². The summed E-state index contributed by atoms with van der Waals surface area (Å²) in [7, 11) is 0. The van der Waals surface area contributed by atoms with Crippen molar-refractivity contribution in [1.29, 1.82) is 0 Å². The second-order valence-electron chi connectivity index (χ2n) is 4.97. The molecule has 0 unspecified atom stereocenters.